The average molecular weight is 234 g/mol. The number of aliphatic hydroxyl groups is 2. The molecule has 3 heteroatoms. The van der Waals surface area contributed by atoms with E-state index in [0.717, 1.165) is 12.2 Å². The normalized spacial score (nSPS) is 38.2. The van der Waals surface area contributed by atoms with Crippen LogP contribution < -0.4 is 4.74 Å². The van der Waals surface area contributed by atoms with E-state index >= 15 is 0 Å². The monoisotopic (exact) mass is 234 g/mol. The van der Waals surface area contributed by atoms with Crippen molar-refractivity contribution in [3.05, 3.63) is 29.8 Å². The lowest BCUT2D eigenvalue weighted by Gasteiger charge is -2.33. The zero-order valence-electron chi connectivity index (χ0n) is 9.97. The summed E-state index contributed by atoms with van der Waals surface area (Å²) in [6, 6.07) is 8.13. The molecule has 0 bridgehead atoms. The molecule has 0 amide bonds. The fourth-order valence-corrected chi connectivity index (χ4v) is 3.87. The Hall–Kier alpha value is -1.06. The van der Waals surface area contributed by atoms with Crippen LogP contribution in [0.2, 0.25) is 0 Å². The molecule has 3 rings (SSSR count). The summed E-state index contributed by atoms with van der Waals surface area (Å²) < 4.78 is 5.15. The van der Waals surface area contributed by atoms with Crippen molar-refractivity contribution in [3.63, 3.8) is 0 Å². The molecule has 0 aromatic heterocycles. The predicted molar refractivity (Wildman–Crippen MR) is 63.9 cm³/mol. The first-order valence-corrected chi connectivity index (χ1v) is 6.14. The smallest absolute Gasteiger partial charge is 0.118 e. The highest BCUT2D eigenvalue weighted by Crippen LogP contribution is 2.74. The van der Waals surface area contributed by atoms with Gasteiger partial charge in [0.15, 0.2) is 0 Å². The summed E-state index contributed by atoms with van der Waals surface area (Å²) >= 11 is 0. The maximum Gasteiger partial charge on any atom is 0.118 e. The third-order valence-electron chi connectivity index (χ3n) is 4.75. The van der Waals surface area contributed by atoms with E-state index in [0.29, 0.717) is 17.8 Å². The Balaban J connectivity index is 1.85. The lowest BCUT2D eigenvalue weighted by atomic mass is 9.71. The van der Waals surface area contributed by atoms with E-state index in [9.17, 15) is 10.2 Å². The summed E-state index contributed by atoms with van der Waals surface area (Å²) in [4.78, 5) is 0. The maximum absolute atomic E-state index is 9.42. The van der Waals surface area contributed by atoms with Crippen LogP contribution in [-0.2, 0) is 5.41 Å². The van der Waals surface area contributed by atoms with Crippen molar-refractivity contribution in [2.45, 2.75) is 11.8 Å². The molecule has 0 aliphatic heterocycles. The van der Waals surface area contributed by atoms with Gasteiger partial charge in [-0.3, -0.25) is 0 Å². The Morgan fingerprint density at radius 1 is 1.24 bits per heavy atom. The standard InChI is InChI=1S/C14H18O3/c1-17-11-4-2-10(3-5-11)14-6-9(7-15)13(14)12(14)8-16/h2-5,9,12-13,15-16H,6-8H2,1H3/t9-,12-,13?,14?/m1/s1. The highest BCUT2D eigenvalue weighted by Gasteiger charge is 2.74. The van der Waals surface area contributed by atoms with Gasteiger partial charge in [0.25, 0.3) is 0 Å². The van der Waals surface area contributed by atoms with Gasteiger partial charge in [-0.1, -0.05) is 12.1 Å². The van der Waals surface area contributed by atoms with Crippen LogP contribution in [0.15, 0.2) is 24.3 Å². The molecule has 0 heterocycles. The molecule has 2 unspecified atom stereocenters. The van der Waals surface area contributed by atoms with Crippen molar-refractivity contribution >= 4 is 0 Å². The highest BCUT2D eigenvalue weighted by atomic mass is 16.5. The van der Waals surface area contributed by atoms with Crippen LogP contribution in [-0.4, -0.2) is 30.5 Å². The molecule has 92 valence electrons. The van der Waals surface area contributed by atoms with Crippen LogP contribution >= 0.6 is 0 Å². The van der Waals surface area contributed by atoms with Gasteiger partial charge in [-0.25, -0.2) is 0 Å². The van der Waals surface area contributed by atoms with E-state index < -0.39 is 0 Å². The molecule has 4 atom stereocenters. The van der Waals surface area contributed by atoms with Crippen molar-refractivity contribution < 1.29 is 14.9 Å². The highest BCUT2D eigenvalue weighted by molar-refractivity contribution is 5.44. The molecule has 0 spiro atoms. The summed E-state index contributed by atoms with van der Waals surface area (Å²) in [6.07, 6.45) is 1.01. The number of methoxy groups -OCH3 is 1. The third-order valence-corrected chi connectivity index (χ3v) is 4.75. The van der Waals surface area contributed by atoms with E-state index in [2.05, 4.69) is 12.1 Å². The fourth-order valence-electron chi connectivity index (χ4n) is 3.87. The minimum Gasteiger partial charge on any atom is -0.497 e. The second-order valence-electron chi connectivity index (χ2n) is 5.23. The Labute approximate surface area is 101 Å². The largest absolute Gasteiger partial charge is 0.497 e. The first kappa shape index (κ1) is 11.1. The van der Waals surface area contributed by atoms with Crippen LogP contribution in [0.5, 0.6) is 5.75 Å². The summed E-state index contributed by atoms with van der Waals surface area (Å²) in [5, 5.41) is 18.7. The summed E-state index contributed by atoms with van der Waals surface area (Å²) in [6.45, 7) is 0.478. The molecule has 1 aromatic carbocycles. The SMILES string of the molecule is COc1ccc(C23C[C@H](CO)C2[C@H]3CO)cc1. The second-order valence-corrected chi connectivity index (χ2v) is 5.23. The van der Waals surface area contributed by atoms with Gasteiger partial charge in [-0.15, -0.1) is 0 Å². The number of hydrogen-bond donors (Lipinski definition) is 2. The molecule has 17 heavy (non-hydrogen) atoms. The number of benzene rings is 1. The van der Waals surface area contributed by atoms with E-state index in [-0.39, 0.29) is 18.6 Å². The summed E-state index contributed by atoms with van der Waals surface area (Å²) in [5.74, 6) is 2.06. The molecule has 2 aliphatic rings. The molecule has 2 N–H and O–H groups in total. The quantitative estimate of drug-likeness (QED) is 0.822. The lowest BCUT2D eigenvalue weighted by molar-refractivity contribution is 0.133. The zero-order valence-corrected chi connectivity index (χ0v) is 9.97. The fraction of sp³-hybridized carbons (Fsp3) is 0.571. The Bertz CT molecular complexity index is 414. The van der Waals surface area contributed by atoms with E-state index in [1.165, 1.54) is 5.56 Å². The van der Waals surface area contributed by atoms with E-state index in [4.69, 9.17) is 4.74 Å². The number of ether oxygens (including phenoxy) is 1. The molecular formula is C14H18O3. The van der Waals surface area contributed by atoms with Gasteiger partial charge >= 0.3 is 0 Å². The van der Waals surface area contributed by atoms with Crippen molar-refractivity contribution in [1.82, 2.24) is 0 Å². The number of aliphatic hydroxyl groups excluding tert-OH is 2. The zero-order chi connectivity index (χ0) is 12.0. The minimum atomic E-state index is 0.147. The van der Waals surface area contributed by atoms with Crippen molar-refractivity contribution in [2.24, 2.45) is 17.8 Å². The van der Waals surface area contributed by atoms with Crippen molar-refractivity contribution in [3.8, 4) is 5.75 Å². The van der Waals surface area contributed by atoms with Crippen molar-refractivity contribution in [1.29, 1.82) is 0 Å². The molecule has 1 aromatic rings. The third kappa shape index (κ3) is 1.30. The van der Waals surface area contributed by atoms with Gasteiger partial charge in [-0.2, -0.15) is 0 Å². The number of rotatable bonds is 4. The van der Waals surface area contributed by atoms with Crippen molar-refractivity contribution in [2.75, 3.05) is 20.3 Å². The van der Waals surface area contributed by atoms with Gasteiger partial charge in [0.1, 0.15) is 5.75 Å². The molecular weight excluding hydrogens is 216 g/mol. The molecule has 0 radical (unpaired) electrons. The minimum absolute atomic E-state index is 0.147. The Morgan fingerprint density at radius 3 is 2.47 bits per heavy atom. The van der Waals surface area contributed by atoms with Crippen LogP contribution in [0, 0.1) is 17.8 Å². The maximum atomic E-state index is 9.42. The molecule has 2 saturated carbocycles. The first-order valence-electron chi connectivity index (χ1n) is 6.14. The predicted octanol–water partition coefficient (Wildman–Crippen LogP) is 1.18. The van der Waals surface area contributed by atoms with Gasteiger partial charge in [-0.05, 0) is 41.9 Å². The van der Waals surface area contributed by atoms with Gasteiger partial charge in [0.2, 0.25) is 0 Å². The molecule has 0 saturated heterocycles. The van der Waals surface area contributed by atoms with E-state index in [1.54, 1.807) is 7.11 Å². The molecule has 3 nitrogen and oxygen atoms in total. The van der Waals surface area contributed by atoms with Gasteiger partial charge in [0.05, 0.1) is 7.11 Å². The number of hydrogen-bond acceptors (Lipinski definition) is 3. The number of fused-ring (bicyclic) bond motifs is 1. The summed E-state index contributed by atoms with van der Waals surface area (Å²) in [7, 11) is 1.66. The Kier molecular flexibility index (Phi) is 2.42. The van der Waals surface area contributed by atoms with Crippen LogP contribution in [0.1, 0.15) is 12.0 Å². The van der Waals surface area contributed by atoms with E-state index in [1.807, 2.05) is 12.1 Å². The second kappa shape index (κ2) is 3.72. The van der Waals surface area contributed by atoms with Crippen LogP contribution in [0.4, 0.5) is 0 Å². The van der Waals surface area contributed by atoms with Crippen LogP contribution in [0.25, 0.3) is 0 Å². The first-order chi connectivity index (χ1) is 8.27. The molecule has 2 aliphatic carbocycles. The van der Waals surface area contributed by atoms with Gasteiger partial charge in [0, 0.05) is 18.6 Å². The lowest BCUT2D eigenvalue weighted by Crippen LogP contribution is -2.32. The topological polar surface area (TPSA) is 49.7 Å². The molecule has 2 fully saturated rings. The van der Waals surface area contributed by atoms with Gasteiger partial charge < -0.3 is 14.9 Å². The van der Waals surface area contributed by atoms with Crippen LogP contribution in [0.3, 0.4) is 0 Å². The average Bonchev–Trinajstić information content (AvgIpc) is 2.90. The summed E-state index contributed by atoms with van der Waals surface area (Å²) in [5.41, 5.74) is 1.43. The Morgan fingerprint density at radius 2 is 1.94 bits per heavy atom.